The first-order valence-corrected chi connectivity index (χ1v) is 18.1. The summed E-state index contributed by atoms with van der Waals surface area (Å²) in [5.41, 5.74) is 4.13. The van der Waals surface area contributed by atoms with E-state index in [0.29, 0.717) is 61.4 Å². The molecule has 3 atom stereocenters. The molecule has 4 aromatic rings. The minimum atomic E-state index is -1.10. The maximum atomic E-state index is 13.9. The van der Waals surface area contributed by atoms with Gasteiger partial charge in [0.15, 0.2) is 0 Å². The van der Waals surface area contributed by atoms with Gasteiger partial charge in [0, 0.05) is 42.3 Å². The van der Waals surface area contributed by atoms with Crippen LogP contribution in [0.1, 0.15) is 67.9 Å². The molecule has 6 heterocycles. The van der Waals surface area contributed by atoms with Crippen molar-refractivity contribution in [2.45, 2.75) is 82.2 Å². The van der Waals surface area contributed by atoms with Crippen LogP contribution >= 0.6 is 0 Å². The van der Waals surface area contributed by atoms with Crippen LogP contribution in [-0.2, 0) is 16.1 Å². The number of ether oxygens (including phenoxy) is 1. The highest BCUT2D eigenvalue weighted by molar-refractivity contribution is 6.03. The molecule has 2 unspecified atom stereocenters. The lowest BCUT2D eigenvalue weighted by atomic mass is 9.71. The van der Waals surface area contributed by atoms with Gasteiger partial charge in [-0.2, -0.15) is 0 Å². The minimum Gasteiger partial charge on any atom is -0.377 e. The van der Waals surface area contributed by atoms with Crippen molar-refractivity contribution in [3.05, 3.63) is 78.4 Å². The number of carbonyl (C=O) groups is 2. The molecular weight excluding hydrogens is 647 g/mol. The lowest BCUT2D eigenvalue weighted by molar-refractivity contribution is -0.119. The number of nitrogens with zero attached hydrogens (tertiary/aromatic N) is 5. The maximum absolute atomic E-state index is 13.9. The van der Waals surface area contributed by atoms with Crippen molar-refractivity contribution >= 4 is 34.4 Å². The molecule has 0 spiro atoms. The Morgan fingerprint density at radius 2 is 1.84 bits per heavy atom. The number of halogens is 1. The Labute approximate surface area is 297 Å². The summed E-state index contributed by atoms with van der Waals surface area (Å²) in [5, 5.41) is 7.13. The summed E-state index contributed by atoms with van der Waals surface area (Å²) in [6.45, 7) is 9.31. The van der Waals surface area contributed by atoms with Gasteiger partial charge in [-0.1, -0.05) is 18.7 Å². The molecule has 8 rings (SSSR count). The van der Waals surface area contributed by atoms with Crippen molar-refractivity contribution in [2.24, 2.45) is 5.92 Å². The molecule has 1 aliphatic carbocycles. The van der Waals surface area contributed by atoms with Gasteiger partial charge >= 0.3 is 0 Å². The summed E-state index contributed by atoms with van der Waals surface area (Å²) < 4.78 is 19.6. The van der Waals surface area contributed by atoms with Gasteiger partial charge in [-0.15, -0.1) is 0 Å². The lowest BCUT2D eigenvalue weighted by Gasteiger charge is -2.39. The number of fused-ring (bicyclic) bond motifs is 3. The Morgan fingerprint density at radius 1 is 1.06 bits per heavy atom. The van der Waals surface area contributed by atoms with Crippen LogP contribution < -0.4 is 15.5 Å². The third-order valence-corrected chi connectivity index (χ3v) is 10.9. The van der Waals surface area contributed by atoms with Crippen LogP contribution in [0.4, 0.5) is 15.9 Å². The molecule has 3 N–H and O–H groups in total. The van der Waals surface area contributed by atoms with E-state index < -0.39 is 5.67 Å². The molecule has 3 saturated heterocycles. The van der Waals surface area contributed by atoms with Crippen LogP contribution in [0.5, 0.6) is 0 Å². The normalized spacial score (nSPS) is 26.1. The number of amides is 2. The first-order valence-electron chi connectivity index (χ1n) is 18.1. The molecular formula is C39H45FN8O3. The molecule has 4 aliphatic rings. The monoisotopic (exact) mass is 692 g/mol. The number of alkyl halides is 1. The van der Waals surface area contributed by atoms with Gasteiger partial charge in [0.05, 0.1) is 30.7 Å². The molecule has 12 heteroatoms. The first-order chi connectivity index (χ1) is 24.7. The van der Waals surface area contributed by atoms with E-state index in [9.17, 15) is 14.0 Å². The summed E-state index contributed by atoms with van der Waals surface area (Å²) in [6.07, 6.45) is 8.90. The average molecular weight is 693 g/mol. The van der Waals surface area contributed by atoms with E-state index >= 15 is 0 Å². The molecule has 11 nitrogen and oxygen atoms in total. The third-order valence-electron chi connectivity index (χ3n) is 10.9. The van der Waals surface area contributed by atoms with Crippen LogP contribution in [0.2, 0.25) is 0 Å². The number of aromatic nitrogens is 4. The average Bonchev–Trinajstić information content (AvgIpc) is 3.65. The predicted octanol–water partition coefficient (Wildman–Crippen LogP) is 5.80. The first kappa shape index (κ1) is 33.5. The SMILES string of the molecule is C=C(CC1CC(C)(F)C1)C(=O)N[C@@H]1CCCN(Cc2ccnc(C(=O)Nc3ccc(-c4cc5c(N6C7CCC6COC7)ncnc5[nH]4)cc3)c2)C1. The van der Waals surface area contributed by atoms with Crippen molar-refractivity contribution in [1.82, 2.24) is 30.2 Å². The number of morpholine rings is 1. The van der Waals surface area contributed by atoms with Crippen molar-refractivity contribution in [1.29, 1.82) is 0 Å². The second kappa shape index (κ2) is 13.8. The molecule has 2 bridgehead atoms. The minimum absolute atomic E-state index is 0.0163. The standard InChI is InChI=1S/C39H45FN8O3/c1-24(14-26-17-39(2,40)18-26)37(49)45-29-4-3-13-47(20-29)19-25-11-12-41-34(15-25)38(50)44-28-7-5-27(6-8-28)33-16-32-35(46-33)42-23-43-36(32)48-30-9-10-31(48)22-51-21-30/h5-8,11-12,15-16,23,26,29-31H,1,3-4,9-10,13-14,17-22H2,2H3,(H,44,50)(H,45,49)(H,42,43,46)/t26?,29-,30?,31?,39?/m1/s1. The molecule has 1 saturated carbocycles. The molecule has 1 aromatic carbocycles. The zero-order chi connectivity index (χ0) is 35.1. The van der Waals surface area contributed by atoms with Gasteiger partial charge in [-0.3, -0.25) is 19.5 Å². The number of carbonyl (C=O) groups excluding carboxylic acids is 2. The number of hydrogen-bond donors (Lipinski definition) is 3. The molecule has 51 heavy (non-hydrogen) atoms. The van der Waals surface area contributed by atoms with E-state index in [1.54, 1.807) is 19.4 Å². The number of hydrogen-bond acceptors (Lipinski definition) is 8. The van der Waals surface area contributed by atoms with Crippen LogP contribution in [0.25, 0.3) is 22.3 Å². The Bertz CT molecular complexity index is 1920. The van der Waals surface area contributed by atoms with Crippen molar-refractivity contribution in [3.63, 3.8) is 0 Å². The van der Waals surface area contributed by atoms with Crippen LogP contribution in [-0.4, -0.2) is 86.7 Å². The molecule has 266 valence electrons. The van der Waals surface area contributed by atoms with Gasteiger partial charge in [0.1, 0.15) is 29.2 Å². The molecule has 4 fully saturated rings. The smallest absolute Gasteiger partial charge is 0.274 e. The van der Waals surface area contributed by atoms with Gasteiger partial charge in [-0.05, 0) is 106 Å². The number of benzene rings is 1. The van der Waals surface area contributed by atoms with E-state index in [-0.39, 0.29) is 23.8 Å². The fourth-order valence-electron chi connectivity index (χ4n) is 8.48. The van der Waals surface area contributed by atoms with E-state index in [4.69, 9.17) is 4.74 Å². The summed E-state index contributed by atoms with van der Waals surface area (Å²) in [7, 11) is 0. The fraction of sp³-hybridized carbons (Fsp3) is 0.462. The zero-order valence-electron chi connectivity index (χ0n) is 29.0. The highest BCUT2D eigenvalue weighted by Crippen LogP contribution is 2.43. The van der Waals surface area contributed by atoms with Gasteiger partial charge in [0.2, 0.25) is 5.91 Å². The number of likely N-dealkylation sites (tertiary alicyclic amines) is 1. The van der Waals surface area contributed by atoms with E-state index in [1.807, 2.05) is 36.4 Å². The Kier molecular flexibility index (Phi) is 9.05. The number of pyridine rings is 1. The number of rotatable bonds is 10. The van der Waals surface area contributed by atoms with Crippen molar-refractivity contribution in [3.8, 4) is 11.3 Å². The van der Waals surface area contributed by atoms with E-state index in [1.165, 1.54) is 0 Å². The second-order valence-corrected chi connectivity index (χ2v) is 15.1. The Balaban J connectivity index is 0.864. The van der Waals surface area contributed by atoms with E-state index in [2.05, 4.69) is 53.0 Å². The quantitative estimate of drug-likeness (QED) is 0.178. The molecule has 3 aliphatic heterocycles. The number of H-pyrrole nitrogens is 1. The van der Waals surface area contributed by atoms with Crippen LogP contribution in [0.15, 0.2) is 67.1 Å². The summed E-state index contributed by atoms with van der Waals surface area (Å²) in [6, 6.07) is 14.3. The number of piperidine rings is 1. The van der Waals surface area contributed by atoms with Gasteiger partial charge in [-0.25, -0.2) is 14.4 Å². The summed E-state index contributed by atoms with van der Waals surface area (Å²) in [4.78, 5) is 47.8. The highest BCUT2D eigenvalue weighted by atomic mass is 19.1. The molecule has 3 aromatic heterocycles. The van der Waals surface area contributed by atoms with Gasteiger partial charge < -0.3 is 25.3 Å². The number of anilines is 2. The number of aromatic amines is 1. The predicted molar refractivity (Wildman–Crippen MR) is 194 cm³/mol. The van der Waals surface area contributed by atoms with Crippen molar-refractivity contribution < 1.29 is 18.7 Å². The Morgan fingerprint density at radius 3 is 2.61 bits per heavy atom. The molecule has 2 amide bonds. The summed E-state index contributed by atoms with van der Waals surface area (Å²) >= 11 is 0. The Hall–Kier alpha value is -4.68. The third kappa shape index (κ3) is 7.25. The highest BCUT2D eigenvalue weighted by Gasteiger charge is 2.41. The lowest BCUT2D eigenvalue weighted by Crippen LogP contribution is -2.48. The largest absolute Gasteiger partial charge is 0.377 e. The zero-order valence-corrected chi connectivity index (χ0v) is 29.0. The summed E-state index contributed by atoms with van der Waals surface area (Å²) in [5.74, 6) is 0.741. The maximum Gasteiger partial charge on any atom is 0.274 e. The van der Waals surface area contributed by atoms with Crippen LogP contribution in [0, 0.1) is 5.92 Å². The van der Waals surface area contributed by atoms with Crippen molar-refractivity contribution in [2.75, 3.05) is 36.5 Å². The van der Waals surface area contributed by atoms with E-state index in [0.717, 1.165) is 79.1 Å². The molecule has 0 radical (unpaired) electrons. The second-order valence-electron chi connectivity index (χ2n) is 15.1. The van der Waals surface area contributed by atoms with Crippen LogP contribution in [0.3, 0.4) is 0 Å². The fourth-order valence-corrected chi connectivity index (χ4v) is 8.48. The number of nitrogens with one attached hydrogen (secondary N) is 3. The topological polar surface area (TPSA) is 128 Å². The van der Waals surface area contributed by atoms with Gasteiger partial charge in [0.25, 0.3) is 5.91 Å².